The van der Waals surface area contributed by atoms with Gasteiger partial charge in [0.15, 0.2) is 0 Å². The van der Waals surface area contributed by atoms with Crippen LogP contribution in [0.15, 0.2) is 6.20 Å². The lowest BCUT2D eigenvalue weighted by atomic mass is 9.75. The molecule has 0 radical (unpaired) electrons. The summed E-state index contributed by atoms with van der Waals surface area (Å²) in [5.41, 5.74) is 6.40. The van der Waals surface area contributed by atoms with E-state index in [1.807, 2.05) is 24.7 Å². The number of hydrogen-bond acceptors (Lipinski definition) is 5. The van der Waals surface area contributed by atoms with Crippen molar-refractivity contribution in [3.8, 4) is 0 Å². The van der Waals surface area contributed by atoms with Crippen LogP contribution in [0.3, 0.4) is 0 Å². The summed E-state index contributed by atoms with van der Waals surface area (Å²) in [6.07, 6.45) is 4.11. The molecule has 3 N–H and O–H groups in total. The standard InChI is InChI=1S/C15H26N6O/c1-10(2)17-15(22)14-9-20-4-3-11(14)5-13(20)8-21-7-12(6-16)18-19-21/h7,10-11,13-14H,3-6,8-9,16H2,1-2H3,(H,17,22)/t11?,13-,14+/m1/s1. The number of rotatable bonds is 5. The maximum atomic E-state index is 12.3. The highest BCUT2D eigenvalue weighted by atomic mass is 16.2. The van der Waals surface area contributed by atoms with Gasteiger partial charge in [0.2, 0.25) is 5.91 Å². The first-order chi connectivity index (χ1) is 10.6. The molecule has 4 atom stereocenters. The van der Waals surface area contributed by atoms with Crippen LogP contribution in [0, 0.1) is 11.8 Å². The van der Waals surface area contributed by atoms with Gasteiger partial charge in [-0.2, -0.15) is 0 Å². The van der Waals surface area contributed by atoms with Crippen LogP contribution in [-0.4, -0.2) is 51.0 Å². The number of nitrogens with one attached hydrogen (secondary N) is 1. The Balaban J connectivity index is 1.61. The molecule has 22 heavy (non-hydrogen) atoms. The molecule has 3 fully saturated rings. The van der Waals surface area contributed by atoms with E-state index in [1.165, 1.54) is 0 Å². The summed E-state index contributed by atoms with van der Waals surface area (Å²) in [6.45, 7) is 7.24. The second-order valence-corrected chi connectivity index (χ2v) is 6.84. The maximum Gasteiger partial charge on any atom is 0.224 e. The van der Waals surface area contributed by atoms with Crippen LogP contribution >= 0.6 is 0 Å². The normalized spacial score (nSPS) is 30.7. The van der Waals surface area contributed by atoms with Crippen LogP contribution in [0.4, 0.5) is 0 Å². The highest BCUT2D eigenvalue weighted by molar-refractivity contribution is 5.79. The fourth-order valence-corrected chi connectivity index (χ4v) is 3.75. The molecule has 2 unspecified atom stereocenters. The third-order valence-corrected chi connectivity index (χ3v) is 4.84. The quantitative estimate of drug-likeness (QED) is 0.797. The summed E-state index contributed by atoms with van der Waals surface area (Å²) in [5, 5.41) is 11.2. The monoisotopic (exact) mass is 306 g/mol. The molecule has 3 aliphatic rings. The third kappa shape index (κ3) is 3.15. The van der Waals surface area contributed by atoms with Crippen molar-refractivity contribution in [1.29, 1.82) is 0 Å². The lowest BCUT2D eigenvalue weighted by molar-refractivity contribution is -0.133. The van der Waals surface area contributed by atoms with E-state index in [0.29, 0.717) is 18.5 Å². The van der Waals surface area contributed by atoms with Crippen LogP contribution < -0.4 is 11.1 Å². The Bertz CT molecular complexity index is 528. The largest absolute Gasteiger partial charge is 0.354 e. The fraction of sp³-hybridized carbons (Fsp3) is 0.800. The van der Waals surface area contributed by atoms with Crippen molar-refractivity contribution in [3.63, 3.8) is 0 Å². The van der Waals surface area contributed by atoms with Gasteiger partial charge >= 0.3 is 0 Å². The second-order valence-electron chi connectivity index (χ2n) is 6.84. The van der Waals surface area contributed by atoms with E-state index in [2.05, 4.69) is 20.5 Å². The van der Waals surface area contributed by atoms with Crippen LogP contribution in [0.5, 0.6) is 0 Å². The fourth-order valence-electron chi connectivity index (χ4n) is 3.75. The highest BCUT2D eigenvalue weighted by Crippen LogP contribution is 2.36. The molecular formula is C15H26N6O. The first-order valence-corrected chi connectivity index (χ1v) is 8.20. The van der Waals surface area contributed by atoms with Gasteiger partial charge in [-0.3, -0.25) is 14.4 Å². The molecule has 1 aromatic heterocycles. The molecule has 1 amide bonds. The minimum Gasteiger partial charge on any atom is -0.354 e. The van der Waals surface area contributed by atoms with Gasteiger partial charge in [0.1, 0.15) is 0 Å². The molecule has 7 nitrogen and oxygen atoms in total. The van der Waals surface area contributed by atoms with Crippen molar-refractivity contribution in [2.75, 3.05) is 13.1 Å². The second kappa shape index (κ2) is 6.34. The minimum atomic E-state index is 0.141. The summed E-state index contributed by atoms with van der Waals surface area (Å²) >= 11 is 0. The topological polar surface area (TPSA) is 89.1 Å². The Labute approximate surface area is 131 Å². The van der Waals surface area contributed by atoms with Gasteiger partial charge in [-0.25, -0.2) is 0 Å². The highest BCUT2D eigenvalue weighted by Gasteiger charge is 2.43. The van der Waals surface area contributed by atoms with Gasteiger partial charge in [-0.05, 0) is 39.2 Å². The minimum absolute atomic E-state index is 0.141. The van der Waals surface area contributed by atoms with Gasteiger partial charge < -0.3 is 11.1 Å². The summed E-state index contributed by atoms with van der Waals surface area (Å²) in [6, 6.07) is 0.665. The molecule has 0 aromatic carbocycles. The predicted octanol–water partition coefficient (Wildman–Crippen LogP) is -0.0282. The predicted molar refractivity (Wildman–Crippen MR) is 82.8 cm³/mol. The number of nitrogens with two attached hydrogens (primary N) is 1. The zero-order valence-electron chi connectivity index (χ0n) is 13.4. The summed E-state index contributed by atoms with van der Waals surface area (Å²) < 4.78 is 1.89. The van der Waals surface area contributed by atoms with Crippen molar-refractivity contribution in [2.24, 2.45) is 17.6 Å². The molecule has 122 valence electrons. The average Bonchev–Trinajstić information content (AvgIpc) is 2.95. The van der Waals surface area contributed by atoms with Crippen LogP contribution in [-0.2, 0) is 17.9 Å². The number of hydrogen-bond donors (Lipinski definition) is 2. The van der Waals surface area contributed by atoms with E-state index >= 15 is 0 Å². The number of nitrogens with zero attached hydrogens (tertiary/aromatic N) is 4. The van der Waals surface area contributed by atoms with Gasteiger partial charge in [0.25, 0.3) is 0 Å². The Morgan fingerprint density at radius 1 is 1.55 bits per heavy atom. The molecule has 4 heterocycles. The SMILES string of the molecule is CC(C)NC(=O)[C@H]1CN2CCC1C[C@@H]2Cn1cc(CN)nn1. The van der Waals surface area contributed by atoms with Crippen LogP contribution in [0.25, 0.3) is 0 Å². The molecule has 4 rings (SSSR count). The number of aromatic nitrogens is 3. The van der Waals surface area contributed by atoms with Gasteiger partial charge in [0, 0.05) is 31.4 Å². The first-order valence-electron chi connectivity index (χ1n) is 8.20. The lowest BCUT2D eigenvalue weighted by Crippen LogP contribution is -2.58. The Kier molecular flexibility index (Phi) is 4.44. The van der Waals surface area contributed by atoms with Crippen molar-refractivity contribution in [2.45, 2.75) is 51.9 Å². The molecule has 2 bridgehead atoms. The molecule has 0 saturated carbocycles. The number of piperidine rings is 3. The molecule has 3 aliphatic heterocycles. The van der Waals surface area contributed by atoms with E-state index in [0.717, 1.165) is 38.2 Å². The van der Waals surface area contributed by atoms with Crippen molar-refractivity contribution < 1.29 is 4.79 Å². The summed E-state index contributed by atoms with van der Waals surface area (Å²) in [7, 11) is 0. The van der Waals surface area contributed by atoms with E-state index in [-0.39, 0.29) is 17.9 Å². The zero-order valence-corrected chi connectivity index (χ0v) is 13.4. The molecule has 3 saturated heterocycles. The van der Waals surface area contributed by atoms with E-state index in [9.17, 15) is 4.79 Å². The molecule has 0 spiro atoms. The van der Waals surface area contributed by atoms with Crippen LogP contribution in [0.2, 0.25) is 0 Å². The zero-order chi connectivity index (χ0) is 15.7. The number of amides is 1. The Morgan fingerprint density at radius 2 is 2.36 bits per heavy atom. The summed E-state index contributed by atoms with van der Waals surface area (Å²) in [4.78, 5) is 14.8. The van der Waals surface area contributed by atoms with Crippen molar-refractivity contribution in [1.82, 2.24) is 25.2 Å². The van der Waals surface area contributed by atoms with E-state index in [4.69, 9.17) is 5.73 Å². The van der Waals surface area contributed by atoms with Gasteiger partial charge in [0.05, 0.1) is 18.2 Å². The van der Waals surface area contributed by atoms with Crippen molar-refractivity contribution >= 4 is 5.91 Å². The number of carbonyl (C=O) groups is 1. The smallest absolute Gasteiger partial charge is 0.224 e. The molecule has 0 aliphatic carbocycles. The molecule has 1 aromatic rings. The van der Waals surface area contributed by atoms with Gasteiger partial charge in [-0.1, -0.05) is 5.21 Å². The maximum absolute atomic E-state index is 12.3. The summed E-state index contributed by atoms with van der Waals surface area (Å²) in [5.74, 6) is 0.850. The number of fused-ring (bicyclic) bond motifs is 3. The lowest BCUT2D eigenvalue weighted by Gasteiger charge is -2.49. The molecule has 7 heteroatoms. The van der Waals surface area contributed by atoms with E-state index < -0.39 is 0 Å². The van der Waals surface area contributed by atoms with Crippen LogP contribution in [0.1, 0.15) is 32.4 Å². The van der Waals surface area contributed by atoms with E-state index in [1.54, 1.807) is 0 Å². The Hall–Kier alpha value is -1.47. The number of carbonyl (C=O) groups excluding carboxylic acids is 1. The molecular weight excluding hydrogens is 280 g/mol. The van der Waals surface area contributed by atoms with Crippen molar-refractivity contribution in [3.05, 3.63) is 11.9 Å². The van der Waals surface area contributed by atoms with Gasteiger partial charge in [-0.15, -0.1) is 5.10 Å². The first kappa shape index (κ1) is 15.4. The Morgan fingerprint density at radius 3 is 2.95 bits per heavy atom. The third-order valence-electron chi connectivity index (χ3n) is 4.84. The average molecular weight is 306 g/mol.